The van der Waals surface area contributed by atoms with Crippen LogP contribution in [0.15, 0.2) is 77.8 Å². The van der Waals surface area contributed by atoms with Gasteiger partial charge in [0.2, 0.25) is 0 Å². The fourth-order valence-electron chi connectivity index (χ4n) is 3.75. The number of fused-ring (bicyclic) bond motifs is 1. The second kappa shape index (κ2) is 8.41. The van der Waals surface area contributed by atoms with Gasteiger partial charge in [-0.15, -0.1) is 0 Å². The van der Waals surface area contributed by atoms with Crippen molar-refractivity contribution >= 4 is 17.3 Å². The highest BCUT2D eigenvalue weighted by molar-refractivity contribution is 6.20. The molecular weight excluding hydrogens is 376 g/mol. The number of aliphatic imine (C=N–C) groups is 1. The van der Waals surface area contributed by atoms with E-state index in [1.165, 1.54) is 0 Å². The lowest BCUT2D eigenvalue weighted by Crippen LogP contribution is -2.36. The molecular formula is C25H24N2O3. The average Bonchev–Trinajstić information content (AvgIpc) is 2.90. The normalized spacial score (nSPS) is 15.8. The van der Waals surface area contributed by atoms with E-state index in [-0.39, 0.29) is 5.91 Å². The quantitative estimate of drug-likeness (QED) is 0.647. The van der Waals surface area contributed by atoms with Crippen molar-refractivity contribution in [2.24, 2.45) is 4.99 Å². The number of ether oxygens (including phenoxy) is 2. The smallest absolute Gasteiger partial charge is 0.251 e. The van der Waals surface area contributed by atoms with E-state index in [0.717, 1.165) is 28.1 Å². The maximum atomic E-state index is 13.4. The van der Waals surface area contributed by atoms with Gasteiger partial charge in [-0.2, -0.15) is 0 Å². The molecule has 0 saturated heterocycles. The summed E-state index contributed by atoms with van der Waals surface area (Å²) in [6.45, 7) is 0. The lowest BCUT2D eigenvalue weighted by molar-refractivity contribution is -0.119. The predicted octanol–water partition coefficient (Wildman–Crippen LogP) is 4.13. The molecule has 1 heterocycles. The van der Waals surface area contributed by atoms with Gasteiger partial charge in [0.05, 0.1) is 25.6 Å². The highest BCUT2D eigenvalue weighted by Gasteiger charge is 2.31. The first-order valence-electron chi connectivity index (χ1n) is 9.83. The summed E-state index contributed by atoms with van der Waals surface area (Å²) in [6.07, 6.45) is 0.530. The summed E-state index contributed by atoms with van der Waals surface area (Å²) < 4.78 is 11.0. The van der Waals surface area contributed by atoms with Crippen LogP contribution in [0, 0.1) is 0 Å². The second-order valence-corrected chi connectivity index (χ2v) is 7.17. The topological polar surface area (TPSA) is 51.1 Å². The number of carbonyl (C=O) groups excluding carboxylic acids is 1. The third-order valence-corrected chi connectivity index (χ3v) is 5.34. The molecule has 3 aromatic rings. The summed E-state index contributed by atoms with van der Waals surface area (Å²) in [4.78, 5) is 20.0. The van der Waals surface area contributed by atoms with Crippen molar-refractivity contribution in [2.75, 3.05) is 26.2 Å². The summed E-state index contributed by atoms with van der Waals surface area (Å²) in [5, 5.41) is 0. The Morgan fingerprint density at radius 1 is 0.900 bits per heavy atom. The number of amides is 1. The first-order valence-corrected chi connectivity index (χ1v) is 9.83. The molecule has 1 atom stereocenters. The van der Waals surface area contributed by atoms with Gasteiger partial charge in [-0.1, -0.05) is 60.7 Å². The summed E-state index contributed by atoms with van der Waals surface area (Å²) in [5.74, 6) is 1.12. The van der Waals surface area contributed by atoms with Crippen LogP contribution in [-0.2, 0) is 11.2 Å². The van der Waals surface area contributed by atoms with Crippen molar-refractivity contribution in [1.29, 1.82) is 0 Å². The molecule has 0 saturated carbocycles. The van der Waals surface area contributed by atoms with Crippen LogP contribution in [0.4, 0.5) is 5.69 Å². The lowest BCUT2D eigenvalue weighted by Gasteiger charge is -2.22. The van der Waals surface area contributed by atoms with Crippen molar-refractivity contribution in [3.8, 4) is 11.5 Å². The van der Waals surface area contributed by atoms with E-state index in [2.05, 4.69) is 0 Å². The largest absolute Gasteiger partial charge is 0.493 e. The Kier molecular flexibility index (Phi) is 5.53. The zero-order chi connectivity index (χ0) is 21.1. The van der Waals surface area contributed by atoms with Gasteiger partial charge in [0.25, 0.3) is 5.91 Å². The Labute approximate surface area is 176 Å². The number of likely N-dealkylation sites (N-methyl/N-ethyl adjacent to an activating group) is 1. The molecule has 0 spiro atoms. The Morgan fingerprint density at radius 3 is 2.13 bits per heavy atom. The van der Waals surface area contributed by atoms with Crippen molar-refractivity contribution in [1.82, 2.24) is 0 Å². The maximum absolute atomic E-state index is 13.4. The third-order valence-electron chi connectivity index (χ3n) is 5.34. The average molecular weight is 400 g/mol. The summed E-state index contributed by atoms with van der Waals surface area (Å²) >= 11 is 0. The van der Waals surface area contributed by atoms with Crippen LogP contribution in [-0.4, -0.2) is 38.9 Å². The predicted molar refractivity (Wildman–Crippen MR) is 119 cm³/mol. The molecule has 1 aliphatic rings. The van der Waals surface area contributed by atoms with Crippen molar-refractivity contribution < 1.29 is 14.3 Å². The number of benzodiazepines with no additional fused rings is 1. The molecule has 1 unspecified atom stereocenters. The number of nitrogens with zero attached hydrogens (tertiary/aromatic N) is 2. The highest BCUT2D eigenvalue weighted by Crippen LogP contribution is 2.38. The molecule has 1 aliphatic heterocycles. The second-order valence-electron chi connectivity index (χ2n) is 7.17. The Morgan fingerprint density at radius 2 is 1.50 bits per heavy atom. The summed E-state index contributed by atoms with van der Waals surface area (Å²) in [5.41, 5.74) is 4.37. The molecule has 4 rings (SSSR count). The zero-order valence-corrected chi connectivity index (χ0v) is 17.3. The standard InChI is InChI=1S/C25H24N2O3/c1-27-21-16-23(30-3)22(29-2)15-19(21)24(18-12-8-5-9-13-18)26-20(25(27)28)14-17-10-6-4-7-11-17/h4-13,15-16,20H,14H2,1-3H3. The molecule has 30 heavy (non-hydrogen) atoms. The van der Waals surface area contributed by atoms with Gasteiger partial charge < -0.3 is 14.4 Å². The number of anilines is 1. The molecule has 0 aromatic heterocycles. The molecule has 5 nitrogen and oxygen atoms in total. The number of methoxy groups -OCH3 is 2. The molecule has 0 radical (unpaired) electrons. The number of hydrogen-bond acceptors (Lipinski definition) is 4. The van der Waals surface area contributed by atoms with Gasteiger partial charge in [-0.25, -0.2) is 0 Å². The highest BCUT2D eigenvalue weighted by atomic mass is 16.5. The maximum Gasteiger partial charge on any atom is 0.251 e. The molecule has 0 N–H and O–H groups in total. The molecule has 5 heteroatoms. The molecule has 0 fully saturated rings. The van der Waals surface area contributed by atoms with E-state index in [1.54, 1.807) is 26.2 Å². The van der Waals surface area contributed by atoms with Crippen LogP contribution < -0.4 is 14.4 Å². The SMILES string of the molecule is COc1cc2c(cc1OC)N(C)C(=O)C(Cc1ccccc1)N=C2c1ccccc1. The van der Waals surface area contributed by atoms with Gasteiger partial charge in [0.15, 0.2) is 11.5 Å². The van der Waals surface area contributed by atoms with Crippen LogP contribution in [0.25, 0.3) is 0 Å². The monoisotopic (exact) mass is 400 g/mol. The van der Waals surface area contributed by atoms with E-state index in [4.69, 9.17) is 14.5 Å². The van der Waals surface area contributed by atoms with Gasteiger partial charge in [-0.3, -0.25) is 9.79 Å². The fraction of sp³-hybridized carbons (Fsp3) is 0.200. The number of hydrogen-bond donors (Lipinski definition) is 0. The molecule has 152 valence electrons. The van der Waals surface area contributed by atoms with E-state index in [1.807, 2.05) is 72.8 Å². The van der Waals surface area contributed by atoms with Crippen LogP contribution in [0.1, 0.15) is 16.7 Å². The van der Waals surface area contributed by atoms with E-state index < -0.39 is 6.04 Å². The minimum atomic E-state index is -0.531. The summed E-state index contributed by atoms with van der Waals surface area (Å²) in [7, 11) is 4.98. The summed E-state index contributed by atoms with van der Waals surface area (Å²) in [6, 6.07) is 23.1. The number of benzene rings is 3. The van der Waals surface area contributed by atoms with Crippen LogP contribution in [0.5, 0.6) is 11.5 Å². The van der Waals surface area contributed by atoms with Gasteiger partial charge in [0.1, 0.15) is 6.04 Å². The number of rotatable bonds is 5. The Balaban J connectivity index is 1.91. The molecule has 1 amide bonds. The minimum absolute atomic E-state index is 0.0572. The lowest BCUT2D eigenvalue weighted by atomic mass is 9.99. The van der Waals surface area contributed by atoms with Crippen molar-refractivity contribution in [2.45, 2.75) is 12.5 Å². The van der Waals surface area contributed by atoms with Gasteiger partial charge in [-0.05, 0) is 11.6 Å². The zero-order valence-electron chi connectivity index (χ0n) is 17.3. The molecule has 3 aromatic carbocycles. The van der Waals surface area contributed by atoms with E-state index in [9.17, 15) is 4.79 Å². The van der Waals surface area contributed by atoms with Crippen molar-refractivity contribution in [3.05, 3.63) is 89.5 Å². The third kappa shape index (κ3) is 3.66. The van der Waals surface area contributed by atoms with Crippen molar-refractivity contribution in [3.63, 3.8) is 0 Å². The number of carbonyl (C=O) groups is 1. The Hall–Kier alpha value is -3.60. The van der Waals surface area contributed by atoms with Gasteiger partial charge >= 0.3 is 0 Å². The minimum Gasteiger partial charge on any atom is -0.493 e. The fourth-order valence-corrected chi connectivity index (χ4v) is 3.75. The van der Waals surface area contributed by atoms with Crippen LogP contribution in [0.3, 0.4) is 0 Å². The molecule has 0 aliphatic carbocycles. The first-order chi connectivity index (χ1) is 14.6. The molecule has 0 bridgehead atoms. The van der Waals surface area contributed by atoms with Crippen LogP contribution in [0.2, 0.25) is 0 Å². The van der Waals surface area contributed by atoms with E-state index in [0.29, 0.717) is 17.9 Å². The van der Waals surface area contributed by atoms with E-state index >= 15 is 0 Å². The van der Waals surface area contributed by atoms with Gasteiger partial charge in [0, 0.05) is 30.7 Å². The Bertz CT molecular complexity index is 1080. The van der Waals surface area contributed by atoms with Crippen LogP contribution >= 0.6 is 0 Å². The first kappa shape index (κ1) is 19.7.